The minimum atomic E-state index is 0.464. The SMILES string of the molecule is Clc1ccccc1Nc1ncc(-c2ccc(Oc3ncnc4c3ncn4CC3CC3)cc2)s1. The Morgan fingerprint density at radius 2 is 1.88 bits per heavy atom. The molecule has 1 aliphatic rings. The largest absolute Gasteiger partial charge is 0.437 e. The lowest BCUT2D eigenvalue weighted by Crippen LogP contribution is -1.99. The van der Waals surface area contributed by atoms with Crippen molar-refractivity contribution in [2.24, 2.45) is 5.92 Å². The molecule has 3 aromatic heterocycles. The lowest BCUT2D eigenvalue weighted by Gasteiger charge is -2.06. The van der Waals surface area contributed by atoms with Crippen molar-refractivity contribution in [3.05, 3.63) is 72.4 Å². The highest BCUT2D eigenvalue weighted by molar-refractivity contribution is 7.19. The maximum Gasteiger partial charge on any atom is 0.250 e. The summed E-state index contributed by atoms with van der Waals surface area (Å²) in [5.41, 5.74) is 3.37. The fraction of sp³-hybridized carbons (Fsp3) is 0.167. The van der Waals surface area contributed by atoms with E-state index in [2.05, 4.69) is 29.8 Å². The fourth-order valence-corrected chi connectivity index (χ4v) is 4.61. The molecule has 0 amide bonds. The van der Waals surface area contributed by atoms with Crippen LogP contribution in [-0.4, -0.2) is 24.5 Å². The molecule has 5 aromatic rings. The monoisotopic (exact) mass is 474 g/mol. The first-order valence-corrected chi connectivity index (χ1v) is 11.8. The van der Waals surface area contributed by atoms with Gasteiger partial charge in [0.1, 0.15) is 12.1 Å². The number of thiazole rings is 1. The summed E-state index contributed by atoms with van der Waals surface area (Å²) >= 11 is 7.79. The van der Waals surface area contributed by atoms with E-state index in [-0.39, 0.29) is 0 Å². The maximum absolute atomic E-state index is 6.23. The van der Waals surface area contributed by atoms with Crippen molar-refractivity contribution >= 4 is 44.9 Å². The van der Waals surface area contributed by atoms with Crippen molar-refractivity contribution in [3.8, 4) is 22.1 Å². The van der Waals surface area contributed by atoms with Gasteiger partial charge in [-0.25, -0.2) is 15.0 Å². The third-order valence-electron chi connectivity index (χ3n) is 5.49. The van der Waals surface area contributed by atoms with Gasteiger partial charge in [-0.2, -0.15) is 4.98 Å². The molecule has 0 bridgehead atoms. The van der Waals surface area contributed by atoms with Crippen LogP contribution in [0.25, 0.3) is 21.6 Å². The van der Waals surface area contributed by atoms with Gasteiger partial charge >= 0.3 is 0 Å². The number of imidazole rings is 1. The summed E-state index contributed by atoms with van der Waals surface area (Å²) in [6, 6.07) is 15.5. The van der Waals surface area contributed by atoms with Gasteiger partial charge < -0.3 is 14.6 Å². The van der Waals surface area contributed by atoms with E-state index in [0.717, 1.165) is 39.4 Å². The molecule has 164 valence electrons. The third kappa shape index (κ3) is 4.27. The first kappa shape index (κ1) is 20.1. The zero-order chi connectivity index (χ0) is 22.2. The van der Waals surface area contributed by atoms with Gasteiger partial charge in [0.05, 0.1) is 21.9 Å². The van der Waals surface area contributed by atoms with Gasteiger partial charge in [0, 0.05) is 12.7 Å². The number of para-hydroxylation sites is 1. The highest BCUT2D eigenvalue weighted by atomic mass is 35.5. The number of ether oxygens (including phenoxy) is 1. The van der Waals surface area contributed by atoms with Crippen LogP contribution in [0.15, 0.2) is 67.4 Å². The number of hydrogen-bond acceptors (Lipinski definition) is 7. The number of halogens is 1. The van der Waals surface area contributed by atoms with Gasteiger partial charge in [0.25, 0.3) is 5.88 Å². The van der Waals surface area contributed by atoms with E-state index in [0.29, 0.717) is 22.2 Å². The third-order valence-corrected chi connectivity index (χ3v) is 6.79. The Morgan fingerprint density at radius 3 is 2.70 bits per heavy atom. The predicted octanol–water partition coefficient (Wildman–Crippen LogP) is 6.55. The molecule has 7 nitrogen and oxygen atoms in total. The molecule has 1 saturated carbocycles. The van der Waals surface area contributed by atoms with E-state index in [4.69, 9.17) is 16.3 Å². The van der Waals surface area contributed by atoms with Gasteiger partial charge in [0.2, 0.25) is 0 Å². The second-order valence-electron chi connectivity index (χ2n) is 7.95. The van der Waals surface area contributed by atoms with Crippen LogP contribution in [0.2, 0.25) is 5.02 Å². The van der Waals surface area contributed by atoms with Gasteiger partial charge in [-0.05, 0) is 60.7 Å². The van der Waals surface area contributed by atoms with E-state index < -0.39 is 0 Å². The minimum Gasteiger partial charge on any atom is -0.437 e. The average molecular weight is 475 g/mol. The molecule has 0 aliphatic heterocycles. The lowest BCUT2D eigenvalue weighted by molar-refractivity contribution is 0.467. The molecule has 1 fully saturated rings. The highest BCUT2D eigenvalue weighted by Crippen LogP contribution is 2.35. The number of rotatable bonds is 7. The molecule has 33 heavy (non-hydrogen) atoms. The quantitative estimate of drug-likeness (QED) is 0.288. The zero-order valence-corrected chi connectivity index (χ0v) is 19.1. The van der Waals surface area contributed by atoms with Crippen molar-refractivity contribution in [2.45, 2.75) is 19.4 Å². The normalized spacial score (nSPS) is 13.4. The van der Waals surface area contributed by atoms with Crippen molar-refractivity contribution in [1.82, 2.24) is 24.5 Å². The van der Waals surface area contributed by atoms with Crippen LogP contribution in [0.4, 0.5) is 10.8 Å². The summed E-state index contributed by atoms with van der Waals surface area (Å²) < 4.78 is 8.13. The predicted molar refractivity (Wildman–Crippen MR) is 130 cm³/mol. The number of nitrogens with one attached hydrogen (secondary N) is 1. The van der Waals surface area contributed by atoms with Crippen molar-refractivity contribution in [3.63, 3.8) is 0 Å². The molecule has 2 aromatic carbocycles. The number of fused-ring (bicyclic) bond motifs is 1. The molecule has 0 radical (unpaired) electrons. The Kier molecular flexibility index (Phi) is 5.16. The molecule has 1 aliphatic carbocycles. The van der Waals surface area contributed by atoms with E-state index >= 15 is 0 Å². The van der Waals surface area contributed by atoms with Crippen LogP contribution < -0.4 is 10.1 Å². The smallest absolute Gasteiger partial charge is 0.250 e. The molecule has 0 spiro atoms. The topological polar surface area (TPSA) is 77.8 Å². The number of nitrogens with zero attached hydrogens (tertiary/aromatic N) is 5. The molecular weight excluding hydrogens is 456 g/mol. The molecule has 3 heterocycles. The first-order valence-electron chi connectivity index (χ1n) is 10.6. The second kappa shape index (κ2) is 8.46. The van der Waals surface area contributed by atoms with Crippen LogP contribution in [0.5, 0.6) is 11.6 Å². The Labute approximate surface area is 199 Å². The molecular formula is C24H19ClN6OS. The van der Waals surface area contributed by atoms with Crippen LogP contribution in [0, 0.1) is 5.92 Å². The summed E-state index contributed by atoms with van der Waals surface area (Å²) in [5, 5.41) is 4.71. The first-order chi connectivity index (χ1) is 16.2. The minimum absolute atomic E-state index is 0.464. The number of benzene rings is 2. The molecule has 0 atom stereocenters. The van der Waals surface area contributed by atoms with Crippen molar-refractivity contribution in [2.75, 3.05) is 5.32 Å². The summed E-state index contributed by atoms with van der Waals surface area (Å²) in [6.07, 6.45) is 7.75. The molecule has 6 rings (SSSR count). The Bertz CT molecular complexity index is 1430. The van der Waals surface area contributed by atoms with E-state index in [1.807, 2.05) is 61.1 Å². The fourth-order valence-electron chi connectivity index (χ4n) is 3.59. The molecule has 0 saturated heterocycles. The summed E-state index contributed by atoms with van der Waals surface area (Å²) in [4.78, 5) is 18.7. The van der Waals surface area contributed by atoms with Gasteiger partial charge in [0.15, 0.2) is 16.3 Å². The number of anilines is 2. The number of hydrogen-bond donors (Lipinski definition) is 1. The maximum atomic E-state index is 6.23. The lowest BCUT2D eigenvalue weighted by atomic mass is 10.2. The Morgan fingerprint density at radius 1 is 1.03 bits per heavy atom. The second-order valence-corrected chi connectivity index (χ2v) is 9.39. The van der Waals surface area contributed by atoms with Crippen molar-refractivity contribution < 1.29 is 4.74 Å². The molecule has 1 N–H and O–H groups in total. The summed E-state index contributed by atoms with van der Waals surface area (Å²) in [6.45, 7) is 0.948. The van der Waals surface area contributed by atoms with Gasteiger partial charge in [-0.3, -0.25) is 0 Å². The van der Waals surface area contributed by atoms with Gasteiger partial charge in [-0.1, -0.05) is 35.1 Å². The van der Waals surface area contributed by atoms with Crippen LogP contribution in [0.3, 0.4) is 0 Å². The summed E-state index contributed by atoms with van der Waals surface area (Å²) in [7, 11) is 0. The average Bonchev–Trinajstić information content (AvgIpc) is 3.37. The summed E-state index contributed by atoms with van der Waals surface area (Å²) in [5.74, 6) is 1.89. The van der Waals surface area contributed by atoms with Crippen LogP contribution in [0.1, 0.15) is 12.8 Å². The van der Waals surface area contributed by atoms with E-state index in [9.17, 15) is 0 Å². The standard InChI is InChI=1S/C24H19ClN6OS/c25-18-3-1-2-4-19(18)30-24-26-11-20(33-24)16-7-9-17(10-8-16)32-23-21-22(27-13-28-23)31(14-29-21)12-15-5-6-15/h1-4,7-11,13-15H,5-6,12H2,(H,26,30). The van der Waals surface area contributed by atoms with Crippen molar-refractivity contribution in [1.29, 1.82) is 0 Å². The molecule has 9 heteroatoms. The van der Waals surface area contributed by atoms with E-state index in [1.165, 1.54) is 19.2 Å². The Hall–Kier alpha value is -3.49. The van der Waals surface area contributed by atoms with Gasteiger partial charge in [-0.15, -0.1) is 0 Å². The Balaban J connectivity index is 1.18. The zero-order valence-electron chi connectivity index (χ0n) is 17.5. The highest BCUT2D eigenvalue weighted by Gasteiger charge is 2.23. The van der Waals surface area contributed by atoms with Crippen LogP contribution in [-0.2, 0) is 6.54 Å². The molecule has 0 unspecified atom stereocenters. The number of aromatic nitrogens is 5. The van der Waals surface area contributed by atoms with Crippen LogP contribution >= 0.6 is 22.9 Å². The van der Waals surface area contributed by atoms with E-state index in [1.54, 1.807) is 11.3 Å².